The molecule has 0 aliphatic carbocycles. The summed E-state index contributed by atoms with van der Waals surface area (Å²) in [7, 11) is 0. The number of carbonyl (C=O) groups is 1. The zero-order chi connectivity index (χ0) is 5.70. The van der Waals surface area contributed by atoms with Crippen LogP contribution in [-0.2, 0) is 0 Å². The van der Waals surface area contributed by atoms with Gasteiger partial charge < -0.3 is 10.4 Å². The molecule has 0 aromatic carbocycles. The van der Waals surface area contributed by atoms with Gasteiger partial charge in [-0.15, -0.1) is 0 Å². The zero-order valence-electron chi connectivity index (χ0n) is 3.72. The lowest BCUT2D eigenvalue weighted by Crippen LogP contribution is -2.22. The maximum Gasteiger partial charge on any atom is 0.404 e. The third-order valence-electron chi connectivity index (χ3n) is 0.388. The van der Waals surface area contributed by atoms with Crippen molar-refractivity contribution in [2.75, 3.05) is 12.3 Å². The maximum atomic E-state index is 9.61. The molecule has 0 saturated carbocycles. The summed E-state index contributed by atoms with van der Waals surface area (Å²) < 4.78 is 0. The average Bonchev–Trinajstić information content (AvgIpc) is 1.61. The van der Waals surface area contributed by atoms with E-state index in [0.717, 1.165) is 0 Å². The summed E-state index contributed by atoms with van der Waals surface area (Å²) in [6, 6.07) is 0. The monoisotopic (exact) mass is 121 g/mol. The summed E-state index contributed by atoms with van der Waals surface area (Å²) >= 11 is 3.77. The molecule has 0 radical (unpaired) electrons. The lowest BCUT2D eigenvalue weighted by atomic mass is 10.7. The Labute approximate surface area is 47.1 Å². The highest BCUT2D eigenvalue weighted by Crippen LogP contribution is 1.67. The van der Waals surface area contributed by atoms with Crippen molar-refractivity contribution < 1.29 is 9.90 Å². The molecule has 0 heterocycles. The molecule has 0 atom stereocenters. The van der Waals surface area contributed by atoms with Crippen LogP contribution in [0.3, 0.4) is 0 Å². The number of hydrogen-bond donors (Lipinski definition) is 3. The van der Waals surface area contributed by atoms with Gasteiger partial charge in [0.15, 0.2) is 0 Å². The van der Waals surface area contributed by atoms with E-state index < -0.39 is 6.09 Å². The van der Waals surface area contributed by atoms with E-state index >= 15 is 0 Å². The Balaban J connectivity index is 2.82. The highest BCUT2D eigenvalue weighted by Gasteiger charge is 1.86. The van der Waals surface area contributed by atoms with E-state index in [-0.39, 0.29) is 0 Å². The summed E-state index contributed by atoms with van der Waals surface area (Å²) in [5.41, 5.74) is 0. The molecule has 0 aromatic rings. The Morgan fingerprint density at radius 1 is 1.86 bits per heavy atom. The second kappa shape index (κ2) is 3.80. The standard InChI is InChI=1S/C3H7NO2S/c5-3(6)4-1-2-7/h4,7H,1-2H2,(H,5,6). The Morgan fingerprint density at radius 3 is 2.57 bits per heavy atom. The lowest BCUT2D eigenvalue weighted by Gasteiger charge is -1.91. The van der Waals surface area contributed by atoms with Crippen LogP contribution < -0.4 is 5.32 Å². The SMILES string of the molecule is O=C(O)NCCS. The molecule has 0 rings (SSSR count). The minimum atomic E-state index is -0.992. The number of nitrogens with one attached hydrogen (secondary N) is 1. The van der Waals surface area contributed by atoms with Crippen molar-refractivity contribution in [3.05, 3.63) is 0 Å². The predicted octanol–water partition coefficient (Wildman–Crippen LogP) is 0.184. The second-order valence-electron chi connectivity index (χ2n) is 0.956. The maximum absolute atomic E-state index is 9.61. The molecule has 4 heteroatoms. The van der Waals surface area contributed by atoms with Crippen LogP contribution in [0.2, 0.25) is 0 Å². The van der Waals surface area contributed by atoms with Gasteiger partial charge in [0.2, 0.25) is 0 Å². The van der Waals surface area contributed by atoms with Crippen molar-refractivity contribution in [3.8, 4) is 0 Å². The number of carboxylic acid groups (broad SMARTS) is 1. The summed E-state index contributed by atoms with van der Waals surface area (Å²) in [4.78, 5) is 9.61. The fraction of sp³-hybridized carbons (Fsp3) is 0.667. The van der Waals surface area contributed by atoms with Gasteiger partial charge in [0.05, 0.1) is 0 Å². The van der Waals surface area contributed by atoms with Crippen molar-refractivity contribution in [2.24, 2.45) is 0 Å². The number of amides is 1. The number of hydrogen-bond acceptors (Lipinski definition) is 2. The van der Waals surface area contributed by atoms with Crippen molar-refractivity contribution in [2.45, 2.75) is 0 Å². The first-order chi connectivity index (χ1) is 3.27. The quantitative estimate of drug-likeness (QED) is 0.456. The topological polar surface area (TPSA) is 49.3 Å². The van der Waals surface area contributed by atoms with Crippen LogP contribution >= 0.6 is 12.6 Å². The molecule has 0 unspecified atom stereocenters. The molecule has 0 aliphatic heterocycles. The molecule has 3 nitrogen and oxygen atoms in total. The zero-order valence-corrected chi connectivity index (χ0v) is 4.61. The van der Waals surface area contributed by atoms with Gasteiger partial charge in [0.25, 0.3) is 0 Å². The highest BCUT2D eigenvalue weighted by atomic mass is 32.1. The molecule has 2 N–H and O–H groups in total. The van der Waals surface area contributed by atoms with Crippen molar-refractivity contribution in [3.63, 3.8) is 0 Å². The summed E-state index contributed by atoms with van der Waals surface area (Å²) in [6.07, 6.45) is -0.992. The van der Waals surface area contributed by atoms with E-state index in [2.05, 4.69) is 17.9 Å². The smallest absolute Gasteiger partial charge is 0.404 e. The van der Waals surface area contributed by atoms with Crippen LogP contribution in [0.1, 0.15) is 0 Å². The van der Waals surface area contributed by atoms with Gasteiger partial charge in [-0.05, 0) is 0 Å². The van der Waals surface area contributed by atoms with E-state index in [9.17, 15) is 4.79 Å². The normalized spacial score (nSPS) is 8.14. The molecule has 7 heavy (non-hydrogen) atoms. The summed E-state index contributed by atoms with van der Waals surface area (Å²) in [5, 5.41) is 10.0. The Kier molecular flexibility index (Phi) is 3.59. The first-order valence-electron chi connectivity index (χ1n) is 1.85. The van der Waals surface area contributed by atoms with Crippen LogP contribution in [0, 0.1) is 0 Å². The van der Waals surface area contributed by atoms with E-state index in [1.165, 1.54) is 0 Å². The largest absolute Gasteiger partial charge is 0.465 e. The number of thiol groups is 1. The first-order valence-corrected chi connectivity index (χ1v) is 2.48. The van der Waals surface area contributed by atoms with E-state index in [0.29, 0.717) is 12.3 Å². The van der Waals surface area contributed by atoms with Crippen LogP contribution in [0.25, 0.3) is 0 Å². The molecule has 0 aromatic heterocycles. The third-order valence-corrected chi connectivity index (χ3v) is 0.612. The van der Waals surface area contributed by atoms with Gasteiger partial charge in [-0.3, -0.25) is 0 Å². The lowest BCUT2D eigenvalue weighted by molar-refractivity contribution is 0.195. The fourth-order valence-corrected chi connectivity index (χ4v) is 0.275. The van der Waals surface area contributed by atoms with E-state index in [4.69, 9.17) is 5.11 Å². The Morgan fingerprint density at radius 2 is 2.43 bits per heavy atom. The highest BCUT2D eigenvalue weighted by molar-refractivity contribution is 7.80. The van der Waals surface area contributed by atoms with Crippen LogP contribution in [0.4, 0.5) is 4.79 Å². The predicted molar refractivity (Wildman–Crippen MR) is 29.9 cm³/mol. The molecule has 42 valence electrons. The first kappa shape index (κ1) is 6.62. The summed E-state index contributed by atoms with van der Waals surface area (Å²) in [6.45, 7) is 0.415. The average molecular weight is 121 g/mol. The minimum Gasteiger partial charge on any atom is -0.465 e. The van der Waals surface area contributed by atoms with Crippen molar-refractivity contribution >= 4 is 18.7 Å². The van der Waals surface area contributed by atoms with Gasteiger partial charge in [-0.2, -0.15) is 12.6 Å². The van der Waals surface area contributed by atoms with Gasteiger partial charge in [0.1, 0.15) is 0 Å². The van der Waals surface area contributed by atoms with Gasteiger partial charge in [-0.1, -0.05) is 0 Å². The van der Waals surface area contributed by atoms with Gasteiger partial charge >= 0.3 is 6.09 Å². The minimum absolute atomic E-state index is 0.415. The molecule has 0 saturated heterocycles. The molecule has 0 fully saturated rings. The number of rotatable bonds is 2. The molecular formula is C3H7NO2S. The second-order valence-corrected chi connectivity index (χ2v) is 1.40. The molecule has 0 aliphatic rings. The van der Waals surface area contributed by atoms with Crippen LogP contribution in [0.5, 0.6) is 0 Å². The third kappa shape index (κ3) is 5.62. The van der Waals surface area contributed by atoms with Gasteiger partial charge in [-0.25, -0.2) is 4.79 Å². The van der Waals surface area contributed by atoms with Crippen LogP contribution in [-0.4, -0.2) is 23.5 Å². The Hall–Kier alpha value is -0.380. The molecule has 1 amide bonds. The molecule has 0 bridgehead atoms. The van der Waals surface area contributed by atoms with Gasteiger partial charge in [0, 0.05) is 12.3 Å². The molecule has 0 spiro atoms. The van der Waals surface area contributed by atoms with E-state index in [1.54, 1.807) is 0 Å². The Bertz CT molecular complexity index is 66.0. The summed E-state index contributed by atoms with van der Waals surface area (Å²) in [5.74, 6) is 0.548. The van der Waals surface area contributed by atoms with Crippen molar-refractivity contribution in [1.82, 2.24) is 5.32 Å². The fourth-order valence-electron chi connectivity index (χ4n) is 0.163. The van der Waals surface area contributed by atoms with Crippen molar-refractivity contribution in [1.29, 1.82) is 0 Å². The van der Waals surface area contributed by atoms with Crippen LogP contribution in [0.15, 0.2) is 0 Å². The van der Waals surface area contributed by atoms with E-state index in [1.807, 2.05) is 0 Å². The molecular weight excluding hydrogens is 114 g/mol.